The minimum atomic E-state index is 0.318. The Morgan fingerprint density at radius 1 is 1.44 bits per heavy atom. The van der Waals surface area contributed by atoms with Gasteiger partial charge in [-0.1, -0.05) is 23.7 Å². The fraction of sp³-hybridized carbons (Fsp3) is 0.385. The van der Waals surface area contributed by atoms with E-state index in [4.69, 9.17) is 22.1 Å². The first-order chi connectivity index (χ1) is 7.70. The summed E-state index contributed by atoms with van der Waals surface area (Å²) in [5.74, 6) is 0.731. The molecule has 1 aliphatic carbocycles. The summed E-state index contributed by atoms with van der Waals surface area (Å²) in [6.07, 6.45) is 5.26. The van der Waals surface area contributed by atoms with E-state index in [1.807, 2.05) is 18.2 Å². The summed E-state index contributed by atoms with van der Waals surface area (Å²) < 4.78 is 5.21. The van der Waals surface area contributed by atoms with E-state index in [0.717, 1.165) is 25.0 Å². The Labute approximate surface area is 101 Å². The molecule has 0 fully saturated rings. The Bertz CT molecular complexity index is 414. The number of methoxy groups -OCH3 is 1. The maximum Gasteiger partial charge on any atom is 0.138 e. The fourth-order valence-electron chi connectivity index (χ4n) is 1.98. The van der Waals surface area contributed by atoms with Gasteiger partial charge in [0.2, 0.25) is 0 Å². The summed E-state index contributed by atoms with van der Waals surface area (Å²) in [5, 5.41) is 0.652. The van der Waals surface area contributed by atoms with Crippen LogP contribution in [0.25, 0.3) is 5.57 Å². The summed E-state index contributed by atoms with van der Waals surface area (Å²) in [6.45, 7) is 0. The van der Waals surface area contributed by atoms with Crippen LogP contribution in [0.4, 0.5) is 0 Å². The highest BCUT2D eigenvalue weighted by Crippen LogP contribution is 2.32. The van der Waals surface area contributed by atoms with Gasteiger partial charge in [-0.05, 0) is 42.5 Å². The van der Waals surface area contributed by atoms with Crippen molar-refractivity contribution in [3.63, 3.8) is 0 Å². The maximum absolute atomic E-state index is 5.99. The highest BCUT2D eigenvalue weighted by atomic mass is 35.5. The van der Waals surface area contributed by atoms with Crippen LogP contribution in [-0.2, 0) is 0 Å². The van der Waals surface area contributed by atoms with Crippen molar-refractivity contribution in [2.75, 3.05) is 7.11 Å². The Morgan fingerprint density at radius 3 is 2.88 bits per heavy atom. The lowest BCUT2D eigenvalue weighted by atomic mass is 9.91. The second kappa shape index (κ2) is 4.89. The molecule has 3 heteroatoms. The number of ether oxygens (including phenoxy) is 1. The molecule has 0 bridgehead atoms. The third-order valence-electron chi connectivity index (χ3n) is 2.97. The van der Waals surface area contributed by atoms with Gasteiger partial charge in [0.05, 0.1) is 12.1 Å². The molecule has 1 aromatic rings. The first kappa shape index (κ1) is 11.5. The molecule has 0 amide bonds. The van der Waals surface area contributed by atoms with E-state index in [-0.39, 0.29) is 0 Å². The van der Waals surface area contributed by atoms with E-state index in [0.29, 0.717) is 11.1 Å². The zero-order valence-corrected chi connectivity index (χ0v) is 10.1. The smallest absolute Gasteiger partial charge is 0.138 e. The normalized spacial score (nSPS) is 20.4. The van der Waals surface area contributed by atoms with Crippen LogP contribution in [0.15, 0.2) is 24.3 Å². The molecule has 1 aliphatic rings. The maximum atomic E-state index is 5.99. The average Bonchev–Trinajstić information content (AvgIpc) is 2.31. The molecular weight excluding hydrogens is 222 g/mol. The summed E-state index contributed by atoms with van der Waals surface area (Å²) in [4.78, 5) is 0. The minimum absolute atomic E-state index is 0.318. The van der Waals surface area contributed by atoms with Crippen LogP contribution < -0.4 is 10.5 Å². The number of nitrogens with two attached hydrogens (primary N) is 1. The lowest BCUT2D eigenvalue weighted by Gasteiger charge is -2.19. The Morgan fingerprint density at radius 2 is 2.25 bits per heavy atom. The zero-order chi connectivity index (χ0) is 11.5. The lowest BCUT2D eigenvalue weighted by Crippen LogP contribution is -2.21. The van der Waals surface area contributed by atoms with Gasteiger partial charge in [0.1, 0.15) is 5.75 Å². The van der Waals surface area contributed by atoms with Gasteiger partial charge < -0.3 is 10.5 Å². The number of allylic oxidation sites excluding steroid dienone is 1. The first-order valence-corrected chi connectivity index (χ1v) is 5.87. The summed E-state index contributed by atoms with van der Waals surface area (Å²) in [6, 6.07) is 6.22. The van der Waals surface area contributed by atoms with Gasteiger partial charge >= 0.3 is 0 Å². The van der Waals surface area contributed by atoms with Crippen LogP contribution in [0, 0.1) is 0 Å². The molecule has 1 atom stereocenters. The molecule has 0 saturated heterocycles. The van der Waals surface area contributed by atoms with E-state index >= 15 is 0 Å². The van der Waals surface area contributed by atoms with Crippen LogP contribution in [0.2, 0.25) is 5.02 Å². The van der Waals surface area contributed by atoms with Crippen molar-refractivity contribution in [1.82, 2.24) is 0 Å². The molecule has 16 heavy (non-hydrogen) atoms. The predicted octanol–water partition coefficient (Wildman–Crippen LogP) is 3.24. The number of rotatable bonds is 2. The molecule has 1 aromatic carbocycles. The molecule has 2 rings (SSSR count). The van der Waals surface area contributed by atoms with Crippen molar-refractivity contribution < 1.29 is 4.74 Å². The third-order valence-corrected chi connectivity index (χ3v) is 3.29. The number of hydrogen-bond donors (Lipinski definition) is 1. The van der Waals surface area contributed by atoms with Crippen LogP contribution in [0.1, 0.15) is 24.8 Å². The predicted molar refractivity (Wildman–Crippen MR) is 67.8 cm³/mol. The first-order valence-electron chi connectivity index (χ1n) is 5.49. The van der Waals surface area contributed by atoms with Crippen molar-refractivity contribution in [1.29, 1.82) is 0 Å². The van der Waals surface area contributed by atoms with E-state index < -0.39 is 0 Å². The van der Waals surface area contributed by atoms with Crippen molar-refractivity contribution in [3.05, 3.63) is 34.9 Å². The van der Waals surface area contributed by atoms with Gasteiger partial charge in [-0.3, -0.25) is 0 Å². The Kier molecular flexibility index (Phi) is 3.52. The third kappa shape index (κ3) is 2.39. The molecule has 0 aliphatic heterocycles. The van der Waals surface area contributed by atoms with E-state index in [9.17, 15) is 0 Å². The van der Waals surface area contributed by atoms with Crippen LogP contribution in [0.3, 0.4) is 0 Å². The topological polar surface area (TPSA) is 35.2 Å². The van der Waals surface area contributed by atoms with Crippen LogP contribution >= 0.6 is 11.6 Å². The summed E-state index contributed by atoms with van der Waals surface area (Å²) in [7, 11) is 1.64. The van der Waals surface area contributed by atoms with Crippen molar-refractivity contribution >= 4 is 17.2 Å². The van der Waals surface area contributed by atoms with E-state index in [1.165, 1.54) is 11.1 Å². The van der Waals surface area contributed by atoms with Gasteiger partial charge in [0, 0.05) is 6.04 Å². The molecule has 1 unspecified atom stereocenters. The molecule has 0 aromatic heterocycles. The molecule has 2 nitrogen and oxygen atoms in total. The Balaban J connectivity index is 2.27. The van der Waals surface area contributed by atoms with Crippen LogP contribution in [-0.4, -0.2) is 13.2 Å². The van der Waals surface area contributed by atoms with Gasteiger partial charge in [-0.15, -0.1) is 0 Å². The van der Waals surface area contributed by atoms with E-state index in [2.05, 4.69) is 6.08 Å². The second-order valence-corrected chi connectivity index (χ2v) is 4.52. The molecule has 2 N–H and O–H groups in total. The molecule has 86 valence electrons. The van der Waals surface area contributed by atoms with E-state index in [1.54, 1.807) is 7.11 Å². The number of benzene rings is 1. The fourth-order valence-corrected chi connectivity index (χ4v) is 2.17. The van der Waals surface area contributed by atoms with Gasteiger partial charge in [0.15, 0.2) is 0 Å². The molecule has 0 saturated carbocycles. The molecule has 0 spiro atoms. The largest absolute Gasteiger partial charge is 0.495 e. The lowest BCUT2D eigenvalue weighted by molar-refractivity contribution is 0.415. The minimum Gasteiger partial charge on any atom is -0.495 e. The van der Waals surface area contributed by atoms with Crippen molar-refractivity contribution in [2.24, 2.45) is 5.73 Å². The second-order valence-electron chi connectivity index (χ2n) is 4.11. The van der Waals surface area contributed by atoms with Gasteiger partial charge in [-0.25, -0.2) is 0 Å². The Hall–Kier alpha value is -0.990. The standard InChI is InChI=1S/C13H16ClNO/c1-16-13-8-10(4-7-12(13)14)9-2-5-11(15)6-3-9/h2,4,7-8,11H,3,5-6,15H2,1H3. The molecular formula is C13H16ClNO. The zero-order valence-electron chi connectivity index (χ0n) is 9.37. The van der Waals surface area contributed by atoms with Crippen LogP contribution in [0.5, 0.6) is 5.75 Å². The monoisotopic (exact) mass is 237 g/mol. The van der Waals surface area contributed by atoms with Crippen molar-refractivity contribution in [2.45, 2.75) is 25.3 Å². The quantitative estimate of drug-likeness (QED) is 0.857. The highest BCUT2D eigenvalue weighted by Gasteiger charge is 2.13. The molecule has 0 heterocycles. The summed E-state index contributed by atoms with van der Waals surface area (Å²) in [5.41, 5.74) is 8.40. The average molecular weight is 238 g/mol. The SMILES string of the molecule is COc1cc(C2=CCC(N)CC2)ccc1Cl. The number of hydrogen-bond acceptors (Lipinski definition) is 2. The highest BCUT2D eigenvalue weighted by molar-refractivity contribution is 6.32. The number of halogens is 1. The summed E-state index contributed by atoms with van der Waals surface area (Å²) >= 11 is 5.99. The molecule has 0 radical (unpaired) electrons. The van der Waals surface area contributed by atoms with Crippen molar-refractivity contribution in [3.8, 4) is 5.75 Å². The van der Waals surface area contributed by atoms with Gasteiger partial charge in [-0.2, -0.15) is 0 Å². The van der Waals surface area contributed by atoms with Gasteiger partial charge in [0.25, 0.3) is 0 Å².